The van der Waals surface area contributed by atoms with Crippen molar-refractivity contribution in [2.45, 2.75) is 10.6 Å². The van der Waals surface area contributed by atoms with E-state index in [1.807, 2.05) is 0 Å². The van der Waals surface area contributed by atoms with E-state index >= 15 is 0 Å². The number of phenols is 1. The number of nitrogens with zero attached hydrogens (tertiary/aromatic N) is 1. The van der Waals surface area contributed by atoms with E-state index in [1.165, 1.54) is 12.1 Å². The van der Waals surface area contributed by atoms with Gasteiger partial charge in [0.2, 0.25) is 0 Å². The Morgan fingerprint density at radius 1 is 0.962 bits per heavy atom. The monoisotopic (exact) mass is 427 g/mol. The number of hydrogen-bond acceptors (Lipinski definition) is 7. The normalized spacial score (nSPS) is 13.1. The van der Waals surface area contributed by atoms with Crippen LogP contribution >= 0.6 is 0 Å². The molecule has 4 N–H and O–H groups in total. The first kappa shape index (κ1) is 20.3. The molecule has 0 saturated heterocycles. The highest BCUT2D eigenvalue weighted by Crippen LogP contribution is 2.37. The second-order valence-corrected chi connectivity index (χ2v) is 9.54. The standard InChI is InChI=1S/C12H13NO10S3/c1-13(26(21,22)23)8-3-2-7-4-11(25(18,19)20)10(6-24(15,16)17)12(14)9(7)5-8/h2-5,14H,6H2,1H3,(H,15,16,17)(H,18,19,20)(H,21,22,23). The molecule has 144 valence electrons. The van der Waals surface area contributed by atoms with Crippen molar-refractivity contribution in [1.29, 1.82) is 0 Å². The highest BCUT2D eigenvalue weighted by Gasteiger charge is 2.25. The summed E-state index contributed by atoms with van der Waals surface area (Å²) in [5.41, 5.74) is -0.929. The third-order valence-corrected chi connectivity index (χ3v) is 5.95. The SMILES string of the molecule is CN(c1ccc2cc(S(=O)(=O)O)c(CS(=O)(=O)O)c(O)c2c1)S(=O)(=O)O. The summed E-state index contributed by atoms with van der Waals surface area (Å²) in [5.74, 6) is -2.22. The van der Waals surface area contributed by atoms with Gasteiger partial charge < -0.3 is 5.11 Å². The fraction of sp³-hybridized carbons (Fsp3) is 0.167. The van der Waals surface area contributed by atoms with Crippen LogP contribution in [0.1, 0.15) is 5.56 Å². The van der Waals surface area contributed by atoms with Crippen LogP contribution in [0, 0.1) is 0 Å². The largest absolute Gasteiger partial charge is 0.507 e. The quantitative estimate of drug-likeness (QED) is 0.487. The molecule has 0 aliphatic rings. The van der Waals surface area contributed by atoms with Crippen LogP contribution in [-0.2, 0) is 36.3 Å². The van der Waals surface area contributed by atoms with Crippen LogP contribution in [0.5, 0.6) is 5.75 Å². The maximum absolute atomic E-state index is 11.5. The average Bonchev–Trinajstić information content (AvgIpc) is 2.45. The van der Waals surface area contributed by atoms with Crippen LogP contribution in [-0.4, -0.2) is 51.1 Å². The summed E-state index contributed by atoms with van der Waals surface area (Å²) in [4.78, 5) is -0.934. The lowest BCUT2D eigenvalue weighted by molar-refractivity contribution is 0.459. The van der Waals surface area contributed by atoms with Gasteiger partial charge in [0.15, 0.2) is 0 Å². The van der Waals surface area contributed by atoms with Gasteiger partial charge in [0.1, 0.15) is 16.4 Å². The van der Waals surface area contributed by atoms with E-state index in [1.54, 1.807) is 0 Å². The first-order chi connectivity index (χ1) is 11.6. The Morgan fingerprint density at radius 2 is 1.54 bits per heavy atom. The molecule has 0 aliphatic carbocycles. The molecular weight excluding hydrogens is 414 g/mol. The van der Waals surface area contributed by atoms with Crippen LogP contribution in [0.15, 0.2) is 29.2 Å². The van der Waals surface area contributed by atoms with Crippen molar-refractivity contribution in [2.75, 3.05) is 11.4 Å². The zero-order chi connectivity index (χ0) is 20.1. The summed E-state index contributed by atoms with van der Waals surface area (Å²) < 4.78 is 95.3. The van der Waals surface area contributed by atoms with Crippen molar-refractivity contribution in [3.8, 4) is 5.75 Å². The van der Waals surface area contributed by atoms with Gasteiger partial charge in [0.25, 0.3) is 20.2 Å². The molecule has 0 saturated carbocycles. The maximum atomic E-state index is 11.5. The summed E-state index contributed by atoms with van der Waals surface area (Å²) >= 11 is 0. The lowest BCUT2D eigenvalue weighted by Crippen LogP contribution is -2.25. The Balaban J connectivity index is 2.88. The van der Waals surface area contributed by atoms with Crippen molar-refractivity contribution in [3.63, 3.8) is 0 Å². The minimum atomic E-state index is -4.95. The second-order valence-electron chi connectivity index (χ2n) is 5.25. The predicted octanol–water partition coefficient (Wildman–Crippen LogP) is 0.419. The van der Waals surface area contributed by atoms with E-state index in [9.17, 15) is 34.9 Å². The molecule has 0 bridgehead atoms. The van der Waals surface area contributed by atoms with Crippen LogP contribution in [0.2, 0.25) is 0 Å². The molecule has 0 unspecified atom stereocenters. The van der Waals surface area contributed by atoms with E-state index in [2.05, 4.69) is 0 Å². The summed E-state index contributed by atoms with van der Waals surface area (Å²) in [5, 5.41) is 10.1. The van der Waals surface area contributed by atoms with Crippen molar-refractivity contribution >= 4 is 47.0 Å². The second kappa shape index (κ2) is 6.33. The molecule has 0 aromatic heterocycles. The van der Waals surface area contributed by atoms with E-state index in [4.69, 9.17) is 9.11 Å². The number of hydrogen-bond donors (Lipinski definition) is 4. The fourth-order valence-corrected chi connectivity index (χ4v) is 4.15. The summed E-state index contributed by atoms with van der Waals surface area (Å²) in [6.45, 7) is 0. The smallest absolute Gasteiger partial charge is 0.359 e. The maximum Gasteiger partial charge on any atom is 0.359 e. The molecule has 14 heteroatoms. The third kappa shape index (κ3) is 4.22. The van der Waals surface area contributed by atoms with E-state index in [-0.39, 0.29) is 16.5 Å². The molecular formula is C12H13NO10S3. The molecule has 26 heavy (non-hydrogen) atoms. The van der Waals surface area contributed by atoms with Gasteiger partial charge in [0.05, 0.1) is 5.69 Å². The van der Waals surface area contributed by atoms with Gasteiger partial charge in [-0.05, 0) is 23.6 Å². The van der Waals surface area contributed by atoms with Crippen LogP contribution < -0.4 is 4.31 Å². The zero-order valence-electron chi connectivity index (χ0n) is 12.9. The molecule has 0 heterocycles. The summed E-state index contributed by atoms with van der Waals surface area (Å²) in [6, 6.07) is 4.24. The Morgan fingerprint density at radius 3 is 2.00 bits per heavy atom. The molecule has 2 aromatic carbocycles. The molecule has 2 aromatic rings. The molecule has 0 fully saturated rings. The highest BCUT2D eigenvalue weighted by atomic mass is 32.2. The number of anilines is 1. The lowest BCUT2D eigenvalue weighted by Gasteiger charge is -2.17. The summed E-state index contributed by atoms with van der Waals surface area (Å²) in [7, 11) is -13.4. The molecule has 0 spiro atoms. The van der Waals surface area contributed by atoms with Gasteiger partial charge in [-0.3, -0.25) is 18.0 Å². The van der Waals surface area contributed by atoms with Crippen molar-refractivity contribution in [1.82, 2.24) is 0 Å². The topological polar surface area (TPSA) is 187 Å². The minimum Gasteiger partial charge on any atom is -0.507 e. The molecule has 2 rings (SSSR count). The number of benzene rings is 2. The van der Waals surface area contributed by atoms with Crippen LogP contribution in [0.4, 0.5) is 5.69 Å². The Bertz CT molecular complexity index is 1200. The van der Waals surface area contributed by atoms with Crippen LogP contribution in [0.3, 0.4) is 0 Å². The Kier molecular flexibility index (Phi) is 4.95. The molecule has 0 aliphatic heterocycles. The Labute approximate surface area is 148 Å². The van der Waals surface area contributed by atoms with Crippen LogP contribution in [0.25, 0.3) is 10.8 Å². The van der Waals surface area contributed by atoms with Gasteiger partial charge >= 0.3 is 10.3 Å². The fourth-order valence-electron chi connectivity index (χ4n) is 2.26. The highest BCUT2D eigenvalue weighted by molar-refractivity contribution is 7.87. The van der Waals surface area contributed by atoms with Crippen molar-refractivity contribution in [2.24, 2.45) is 0 Å². The molecule has 0 atom stereocenters. The minimum absolute atomic E-state index is 0.0155. The van der Waals surface area contributed by atoms with Crippen molar-refractivity contribution in [3.05, 3.63) is 29.8 Å². The zero-order valence-corrected chi connectivity index (χ0v) is 15.4. The van der Waals surface area contributed by atoms with Gasteiger partial charge in [-0.15, -0.1) is 0 Å². The first-order valence-electron chi connectivity index (χ1n) is 6.54. The average molecular weight is 427 g/mol. The van der Waals surface area contributed by atoms with E-state index in [0.717, 1.165) is 19.2 Å². The molecule has 0 amide bonds. The lowest BCUT2D eigenvalue weighted by atomic mass is 10.1. The summed E-state index contributed by atoms with van der Waals surface area (Å²) in [6.07, 6.45) is 0. The van der Waals surface area contributed by atoms with Gasteiger partial charge in [0, 0.05) is 18.0 Å². The van der Waals surface area contributed by atoms with Gasteiger partial charge in [-0.2, -0.15) is 25.3 Å². The molecule has 11 nitrogen and oxygen atoms in total. The predicted molar refractivity (Wildman–Crippen MR) is 90.6 cm³/mol. The number of fused-ring (bicyclic) bond motifs is 1. The number of aromatic hydroxyl groups is 1. The van der Waals surface area contributed by atoms with E-state index < -0.39 is 52.5 Å². The first-order valence-corrected chi connectivity index (χ1v) is 11.0. The van der Waals surface area contributed by atoms with Gasteiger partial charge in [-0.1, -0.05) is 6.07 Å². The Hall–Kier alpha value is -1.97. The van der Waals surface area contributed by atoms with Crippen molar-refractivity contribution < 1.29 is 44.0 Å². The number of phenolic OH excluding ortho intramolecular Hbond substituents is 1. The third-order valence-electron chi connectivity index (χ3n) is 3.48. The van der Waals surface area contributed by atoms with Gasteiger partial charge in [-0.25, -0.2) is 0 Å². The molecule has 0 radical (unpaired) electrons. The number of rotatable bonds is 5. The van der Waals surface area contributed by atoms with E-state index in [0.29, 0.717) is 4.31 Å².